The van der Waals surface area contributed by atoms with Gasteiger partial charge >= 0.3 is 0 Å². The molecule has 3 nitrogen and oxygen atoms in total. The van der Waals surface area contributed by atoms with E-state index < -0.39 is 0 Å². The standard InChI is InChI=1S/C9H12N2O/c1-7-4-5-9(6-10-7)11(3)8(2)12/h4-6H,1-3H3. The molecule has 0 aliphatic carbocycles. The summed E-state index contributed by atoms with van der Waals surface area (Å²) in [7, 11) is 1.73. The van der Waals surface area contributed by atoms with Crippen LogP contribution in [0.25, 0.3) is 0 Å². The Balaban J connectivity index is 2.89. The third-order valence-corrected chi connectivity index (χ3v) is 1.76. The minimum absolute atomic E-state index is 0.0145. The number of hydrogen-bond donors (Lipinski definition) is 0. The third-order valence-electron chi connectivity index (χ3n) is 1.76. The number of carbonyl (C=O) groups is 1. The Bertz CT molecular complexity index is 279. The van der Waals surface area contributed by atoms with Gasteiger partial charge in [0.15, 0.2) is 0 Å². The lowest BCUT2D eigenvalue weighted by molar-refractivity contribution is -0.116. The normalized spacial score (nSPS) is 9.58. The van der Waals surface area contributed by atoms with Gasteiger partial charge in [0.05, 0.1) is 11.9 Å². The Morgan fingerprint density at radius 3 is 2.58 bits per heavy atom. The van der Waals surface area contributed by atoms with Gasteiger partial charge in [-0.05, 0) is 19.1 Å². The number of aromatic nitrogens is 1. The fourth-order valence-electron chi connectivity index (χ4n) is 0.840. The monoisotopic (exact) mass is 164 g/mol. The molecule has 1 amide bonds. The number of amides is 1. The van der Waals surface area contributed by atoms with Gasteiger partial charge < -0.3 is 4.90 Å². The molecule has 64 valence electrons. The first kappa shape index (κ1) is 8.71. The van der Waals surface area contributed by atoms with Crippen molar-refractivity contribution in [2.45, 2.75) is 13.8 Å². The van der Waals surface area contributed by atoms with Crippen molar-refractivity contribution in [3.8, 4) is 0 Å². The minimum Gasteiger partial charge on any atom is -0.314 e. The van der Waals surface area contributed by atoms with E-state index in [-0.39, 0.29) is 5.91 Å². The molecule has 0 N–H and O–H groups in total. The van der Waals surface area contributed by atoms with E-state index in [1.165, 1.54) is 6.92 Å². The Kier molecular flexibility index (Phi) is 2.43. The van der Waals surface area contributed by atoms with Gasteiger partial charge in [-0.3, -0.25) is 9.78 Å². The van der Waals surface area contributed by atoms with Gasteiger partial charge in [-0.15, -0.1) is 0 Å². The first-order valence-corrected chi connectivity index (χ1v) is 3.78. The van der Waals surface area contributed by atoms with Crippen molar-refractivity contribution in [2.75, 3.05) is 11.9 Å². The summed E-state index contributed by atoms with van der Waals surface area (Å²) in [4.78, 5) is 16.6. The molecule has 0 saturated carbocycles. The summed E-state index contributed by atoms with van der Waals surface area (Å²) in [6.07, 6.45) is 1.69. The molecular weight excluding hydrogens is 152 g/mol. The first-order chi connectivity index (χ1) is 5.61. The molecule has 0 radical (unpaired) electrons. The van der Waals surface area contributed by atoms with E-state index in [1.54, 1.807) is 18.1 Å². The van der Waals surface area contributed by atoms with E-state index >= 15 is 0 Å². The van der Waals surface area contributed by atoms with Crippen molar-refractivity contribution >= 4 is 11.6 Å². The molecule has 0 fully saturated rings. The number of hydrogen-bond acceptors (Lipinski definition) is 2. The molecule has 3 heteroatoms. The van der Waals surface area contributed by atoms with Crippen LogP contribution in [0.4, 0.5) is 5.69 Å². The second kappa shape index (κ2) is 3.34. The van der Waals surface area contributed by atoms with Crippen LogP contribution in [-0.2, 0) is 4.79 Å². The van der Waals surface area contributed by atoms with Crippen molar-refractivity contribution < 1.29 is 4.79 Å². The van der Waals surface area contributed by atoms with Crippen molar-refractivity contribution in [1.82, 2.24) is 4.98 Å². The highest BCUT2D eigenvalue weighted by Gasteiger charge is 2.03. The van der Waals surface area contributed by atoms with Crippen LogP contribution in [0.2, 0.25) is 0 Å². The number of carbonyl (C=O) groups excluding carboxylic acids is 1. The molecule has 0 unspecified atom stereocenters. The maximum atomic E-state index is 10.9. The lowest BCUT2D eigenvalue weighted by Crippen LogP contribution is -2.22. The molecule has 1 heterocycles. The van der Waals surface area contributed by atoms with Crippen LogP contribution < -0.4 is 4.90 Å². The molecular formula is C9H12N2O. The van der Waals surface area contributed by atoms with E-state index in [9.17, 15) is 4.79 Å². The average Bonchev–Trinajstić information content (AvgIpc) is 2.04. The maximum Gasteiger partial charge on any atom is 0.223 e. The SMILES string of the molecule is CC(=O)N(C)c1ccc(C)nc1. The Morgan fingerprint density at radius 1 is 1.50 bits per heavy atom. The van der Waals surface area contributed by atoms with E-state index in [0.717, 1.165) is 11.4 Å². The molecule has 1 aromatic rings. The summed E-state index contributed by atoms with van der Waals surface area (Å²) < 4.78 is 0. The van der Waals surface area contributed by atoms with Crippen LogP contribution in [-0.4, -0.2) is 17.9 Å². The number of anilines is 1. The van der Waals surface area contributed by atoms with Gasteiger partial charge in [0.2, 0.25) is 5.91 Å². The second-order valence-corrected chi connectivity index (χ2v) is 2.74. The number of aryl methyl sites for hydroxylation is 1. The summed E-state index contributed by atoms with van der Waals surface area (Å²) in [5.74, 6) is 0.0145. The highest BCUT2D eigenvalue weighted by atomic mass is 16.2. The average molecular weight is 164 g/mol. The third kappa shape index (κ3) is 1.81. The highest BCUT2D eigenvalue weighted by Crippen LogP contribution is 2.10. The molecule has 0 aliphatic rings. The number of rotatable bonds is 1. The van der Waals surface area contributed by atoms with Crippen molar-refractivity contribution in [3.05, 3.63) is 24.0 Å². The Morgan fingerprint density at radius 2 is 2.17 bits per heavy atom. The van der Waals surface area contributed by atoms with Gasteiger partial charge in [-0.25, -0.2) is 0 Å². The molecule has 1 rings (SSSR count). The quantitative estimate of drug-likeness (QED) is 0.628. The summed E-state index contributed by atoms with van der Waals surface area (Å²) in [6.45, 7) is 3.44. The molecule has 0 saturated heterocycles. The summed E-state index contributed by atoms with van der Waals surface area (Å²) in [6, 6.07) is 3.76. The predicted molar refractivity (Wildman–Crippen MR) is 48.1 cm³/mol. The van der Waals surface area contributed by atoms with Crippen LogP contribution in [0.3, 0.4) is 0 Å². The van der Waals surface area contributed by atoms with Crippen molar-refractivity contribution in [3.63, 3.8) is 0 Å². The van der Waals surface area contributed by atoms with E-state index in [4.69, 9.17) is 0 Å². The first-order valence-electron chi connectivity index (χ1n) is 3.78. The second-order valence-electron chi connectivity index (χ2n) is 2.74. The van der Waals surface area contributed by atoms with Crippen LogP contribution >= 0.6 is 0 Å². The van der Waals surface area contributed by atoms with E-state index in [2.05, 4.69) is 4.98 Å². The number of nitrogens with zero attached hydrogens (tertiary/aromatic N) is 2. The molecule has 0 aromatic carbocycles. The zero-order valence-corrected chi connectivity index (χ0v) is 7.53. The smallest absolute Gasteiger partial charge is 0.223 e. The predicted octanol–water partition coefficient (Wildman–Crippen LogP) is 1.37. The molecule has 12 heavy (non-hydrogen) atoms. The molecule has 0 atom stereocenters. The fraction of sp³-hybridized carbons (Fsp3) is 0.333. The molecule has 0 spiro atoms. The lowest BCUT2D eigenvalue weighted by Gasteiger charge is -2.13. The van der Waals surface area contributed by atoms with Crippen LogP contribution in [0.15, 0.2) is 18.3 Å². The van der Waals surface area contributed by atoms with Crippen LogP contribution in [0.1, 0.15) is 12.6 Å². The minimum atomic E-state index is 0.0145. The van der Waals surface area contributed by atoms with E-state index in [0.29, 0.717) is 0 Å². The largest absolute Gasteiger partial charge is 0.314 e. The van der Waals surface area contributed by atoms with Crippen molar-refractivity contribution in [2.24, 2.45) is 0 Å². The highest BCUT2D eigenvalue weighted by molar-refractivity contribution is 5.90. The Hall–Kier alpha value is -1.38. The van der Waals surface area contributed by atoms with Gasteiger partial charge in [-0.2, -0.15) is 0 Å². The van der Waals surface area contributed by atoms with Crippen LogP contribution in [0, 0.1) is 6.92 Å². The van der Waals surface area contributed by atoms with Crippen molar-refractivity contribution in [1.29, 1.82) is 0 Å². The summed E-state index contributed by atoms with van der Waals surface area (Å²) in [5.41, 5.74) is 1.78. The van der Waals surface area contributed by atoms with Gasteiger partial charge in [-0.1, -0.05) is 0 Å². The summed E-state index contributed by atoms with van der Waals surface area (Å²) >= 11 is 0. The van der Waals surface area contributed by atoms with Gasteiger partial charge in [0.25, 0.3) is 0 Å². The zero-order chi connectivity index (χ0) is 9.14. The van der Waals surface area contributed by atoms with Gasteiger partial charge in [0.1, 0.15) is 0 Å². The zero-order valence-electron chi connectivity index (χ0n) is 7.53. The summed E-state index contributed by atoms with van der Waals surface area (Å²) in [5, 5.41) is 0. The maximum absolute atomic E-state index is 10.9. The molecule has 0 aliphatic heterocycles. The molecule has 1 aromatic heterocycles. The van der Waals surface area contributed by atoms with Crippen LogP contribution in [0.5, 0.6) is 0 Å². The van der Waals surface area contributed by atoms with Gasteiger partial charge in [0, 0.05) is 19.7 Å². The van der Waals surface area contributed by atoms with E-state index in [1.807, 2.05) is 19.1 Å². The number of pyridine rings is 1. The Labute approximate surface area is 72.0 Å². The molecule has 0 bridgehead atoms. The lowest BCUT2D eigenvalue weighted by atomic mass is 10.3. The topological polar surface area (TPSA) is 33.2 Å². The fourth-order valence-corrected chi connectivity index (χ4v) is 0.840.